The van der Waals surface area contributed by atoms with Gasteiger partial charge < -0.3 is 10.1 Å². The molecule has 0 unspecified atom stereocenters. The molecule has 4 heteroatoms. The number of methoxy groups -OCH3 is 1. The molecule has 0 saturated heterocycles. The van der Waals surface area contributed by atoms with Crippen molar-refractivity contribution in [3.63, 3.8) is 0 Å². The molecule has 1 aromatic heterocycles. The van der Waals surface area contributed by atoms with Crippen LogP contribution in [0, 0.1) is 6.92 Å². The Morgan fingerprint density at radius 1 is 1.59 bits per heavy atom. The van der Waals surface area contributed by atoms with Crippen molar-refractivity contribution in [2.24, 2.45) is 0 Å². The lowest BCUT2D eigenvalue weighted by Crippen LogP contribution is -2.20. The highest BCUT2D eigenvalue weighted by Gasteiger charge is 1.98. The van der Waals surface area contributed by atoms with Crippen molar-refractivity contribution in [2.75, 3.05) is 13.7 Å². The lowest BCUT2D eigenvalue weighted by molar-refractivity contribution is -0.118. The van der Waals surface area contributed by atoms with E-state index in [0.29, 0.717) is 12.4 Å². The van der Waals surface area contributed by atoms with Crippen LogP contribution >= 0.6 is 0 Å². The Kier molecular flexibility index (Phi) is 5.20. The van der Waals surface area contributed by atoms with Gasteiger partial charge in [-0.05, 0) is 25.0 Å². The predicted molar refractivity (Wildman–Crippen MR) is 67.9 cm³/mol. The Labute approximate surface area is 102 Å². The smallest absolute Gasteiger partial charge is 0.216 e. The molecule has 0 bridgehead atoms. The minimum Gasteiger partial charge on any atom is -0.481 e. The maximum atomic E-state index is 10.6. The molecule has 0 fully saturated rings. The third-order valence-electron chi connectivity index (χ3n) is 2.24. The summed E-state index contributed by atoms with van der Waals surface area (Å²) in [5.74, 6) is 0.653. The summed E-state index contributed by atoms with van der Waals surface area (Å²) in [7, 11) is 1.61. The molecule has 1 N–H and O–H groups in total. The molecular weight excluding hydrogens is 216 g/mol. The fourth-order valence-electron chi connectivity index (χ4n) is 1.44. The third-order valence-corrected chi connectivity index (χ3v) is 2.24. The summed E-state index contributed by atoms with van der Waals surface area (Å²) in [5, 5.41) is 2.74. The number of nitrogens with zero attached hydrogens (tertiary/aromatic N) is 1. The van der Waals surface area contributed by atoms with Crippen molar-refractivity contribution in [1.29, 1.82) is 0 Å². The molecule has 0 radical (unpaired) electrons. The predicted octanol–water partition coefficient (Wildman–Crippen LogP) is 1.94. The Morgan fingerprint density at radius 2 is 2.35 bits per heavy atom. The molecule has 4 nitrogen and oxygen atoms in total. The molecule has 0 atom stereocenters. The van der Waals surface area contributed by atoms with Crippen LogP contribution in [0.1, 0.15) is 24.5 Å². The lowest BCUT2D eigenvalue weighted by atomic mass is 10.2. The third kappa shape index (κ3) is 4.68. The van der Waals surface area contributed by atoms with E-state index >= 15 is 0 Å². The van der Waals surface area contributed by atoms with Gasteiger partial charge in [0.15, 0.2) is 0 Å². The van der Waals surface area contributed by atoms with E-state index in [2.05, 4.69) is 10.3 Å². The van der Waals surface area contributed by atoms with Crippen LogP contribution in [-0.4, -0.2) is 24.5 Å². The highest BCUT2D eigenvalue weighted by molar-refractivity contribution is 5.72. The van der Waals surface area contributed by atoms with Crippen molar-refractivity contribution in [3.05, 3.63) is 29.5 Å². The van der Waals surface area contributed by atoms with Gasteiger partial charge in [0.2, 0.25) is 11.8 Å². The number of amides is 1. The number of ether oxygens (including phenoxy) is 1. The number of rotatable bonds is 5. The SMILES string of the molecule is COc1ncc(C=CCCNC(C)=O)cc1C. The first-order chi connectivity index (χ1) is 8.13. The molecular formula is C13H18N2O2. The monoisotopic (exact) mass is 234 g/mol. The number of hydrogen-bond donors (Lipinski definition) is 1. The molecule has 0 aliphatic carbocycles. The standard InChI is InChI=1S/C13H18N2O2/c1-10-8-12(9-15-13(10)17-3)6-4-5-7-14-11(2)16/h4,6,8-9H,5,7H2,1-3H3,(H,14,16). The number of pyridine rings is 1. The van der Waals surface area contributed by atoms with Gasteiger partial charge in [-0.1, -0.05) is 12.2 Å². The van der Waals surface area contributed by atoms with Gasteiger partial charge in [0.05, 0.1) is 7.11 Å². The number of carbonyl (C=O) groups excluding carboxylic acids is 1. The number of hydrogen-bond acceptors (Lipinski definition) is 3. The Balaban J connectivity index is 2.48. The molecule has 92 valence electrons. The molecule has 1 heterocycles. The van der Waals surface area contributed by atoms with Crippen LogP contribution < -0.4 is 10.1 Å². The fraction of sp³-hybridized carbons (Fsp3) is 0.385. The number of aromatic nitrogens is 1. The van der Waals surface area contributed by atoms with E-state index in [1.165, 1.54) is 6.92 Å². The van der Waals surface area contributed by atoms with Gasteiger partial charge in [0, 0.05) is 25.2 Å². The molecule has 0 saturated carbocycles. The van der Waals surface area contributed by atoms with Crippen LogP contribution in [0.4, 0.5) is 0 Å². The van der Waals surface area contributed by atoms with E-state index < -0.39 is 0 Å². The number of nitrogens with one attached hydrogen (secondary N) is 1. The molecule has 17 heavy (non-hydrogen) atoms. The first-order valence-corrected chi connectivity index (χ1v) is 5.55. The summed E-state index contributed by atoms with van der Waals surface area (Å²) < 4.78 is 5.09. The summed E-state index contributed by atoms with van der Waals surface area (Å²) in [4.78, 5) is 14.8. The van der Waals surface area contributed by atoms with Gasteiger partial charge in [-0.25, -0.2) is 4.98 Å². The van der Waals surface area contributed by atoms with E-state index in [0.717, 1.165) is 17.5 Å². The molecule has 1 aromatic rings. The summed E-state index contributed by atoms with van der Waals surface area (Å²) in [6, 6.07) is 2.01. The zero-order valence-corrected chi connectivity index (χ0v) is 10.5. The average Bonchev–Trinajstić information content (AvgIpc) is 2.28. The van der Waals surface area contributed by atoms with Gasteiger partial charge in [0.1, 0.15) is 0 Å². The minimum absolute atomic E-state index is 0.000332. The molecule has 0 spiro atoms. The van der Waals surface area contributed by atoms with Crippen LogP contribution in [0.3, 0.4) is 0 Å². The molecule has 1 amide bonds. The zero-order valence-electron chi connectivity index (χ0n) is 10.5. The molecule has 0 aliphatic rings. The quantitative estimate of drug-likeness (QED) is 0.792. The van der Waals surface area contributed by atoms with E-state index in [1.807, 2.05) is 25.1 Å². The largest absolute Gasteiger partial charge is 0.481 e. The van der Waals surface area contributed by atoms with Crippen molar-refractivity contribution in [2.45, 2.75) is 20.3 Å². The van der Waals surface area contributed by atoms with E-state index in [1.54, 1.807) is 13.3 Å². The molecule has 0 aliphatic heterocycles. The van der Waals surface area contributed by atoms with Crippen molar-refractivity contribution in [1.82, 2.24) is 10.3 Å². The Morgan fingerprint density at radius 3 is 2.94 bits per heavy atom. The zero-order chi connectivity index (χ0) is 12.7. The number of carbonyl (C=O) groups is 1. The summed E-state index contributed by atoms with van der Waals surface area (Å²) in [5.41, 5.74) is 2.04. The lowest BCUT2D eigenvalue weighted by Gasteiger charge is -2.03. The van der Waals surface area contributed by atoms with Gasteiger partial charge in [-0.3, -0.25) is 4.79 Å². The maximum Gasteiger partial charge on any atom is 0.216 e. The highest BCUT2D eigenvalue weighted by atomic mass is 16.5. The summed E-state index contributed by atoms with van der Waals surface area (Å²) >= 11 is 0. The van der Waals surface area contributed by atoms with Crippen LogP contribution in [0.25, 0.3) is 6.08 Å². The maximum absolute atomic E-state index is 10.6. The van der Waals surface area contributed by atoms with Crippen LogP contribution in [0.2, 0.25) is 0 Å². The van der Waals surface area contributed by atoms with Crippen LogP contribution in [-0.2, 0) is 4.79 Å². The highest BCUT2D eigenvalue weighted by Crippen LogP contribution is 2.15. The van der Waals surface area contributed by atoms with Gasteiger partial charge >= 0.3 is 0 Å². The fourth-order valence-corrected chi connectivity index (χ4v) is 1.44. The van der Waals surface area contributed by atoms with E-state index in [4.69, 9.17) is 4.74 Å². The first kappa shape index (κ1) is 13.2. The second-order valence-corrected chi connectivity index (χ2v) is 3.77. The van der Waals surface area contributed by atoms with Crippen molar-refractivity contribution >= 4 is 12.0 Å². The molecule has 1 rings (SSSR count). The topological polar surface area (TPSA) is 51.2 Å². The molecule has 0 aromatic carbocycles. The van der Waals surface area contributed by atoms with Crippen LogP contribution in [0.15, 0.2) is 18.3 Å². The van der Waals surface area contributed by atoms with Crippen molar-refractivity contribution in [3.8, 4) is 5.88 Å². The summed E-state index contributed by atoms with van der Waals surface area (Å²) in [6.07, 6.45) is 6.57. The van der Waals surface area contributed by atoms with Crippen LogP contribution in [0.5, 0.6) is 5.88 Å². The van der Waals surface area contributed by atoms with E-state index in [-0.39, 0.29) is 5.91 Å². The van der Waals surface area contributed by atoms with Crippen molar-refractivity contribution < 1.29 is 9.53 Å². The second-order valence-electron chi connectivity index (χ2n) is 3.77. The Hall–Kier alpha value is -1.84. The van der Waals surface area contributed by atoms with Gasteiger partial charge in [-0.2, -0.15) is 0 Å². The number of aryl methyl sites for hydroxylation is 1. The summed E-state index contributed by atoms with van der Waals surface area (Å²) in [6.45, 7) is 4.13. The van der Waals surface area contributed by atoms with E-state index in [9.17, 15) is 4.79 Å². The van der Waals surface area contributed by atoms with Gasteiger partial charge in [0.25, 0.3) is 0 Å². The minimum atomic E-state index is 0.000332. The average molecular weight is 234 g/mol. The second kappa shape index (κ2) is 6.68. The van der Waals surface area contributed by atoms with Gasteiger partial charge in [-0.15, -0.1) is 0 Å². The first-order valence-electron chi connectivity index (χ1n) is 5.55. The normalized spacial score (nSPS) is 10.5. The Bertz CT molecular complexity index is 414.